The summed E-state index contributed by atoms with van der Waals surface area (Å²) < 4.78 is 10.3. The van der Waals surface area contributed by atoms with Gasteiger partial charge in [-0.2, -0.15) is 0 Å². The van der Waals surface area contributed by atoms with Crippen molar-refractivity contribution in [2.75, 3.05) is 13.2 Å². The van der Waals surface area contributed by atoms with Crippen molar-refractivity contribution in [1.82, 2.24) is 0 Å². The monoisotopic (exact) mass is 234 g/mol. The van der Waals surface area contributed by atoms with Crippen LogP contribution in [-0.4, -0.2) is 19.2 Å². The Balaban J connectivity index is 2.04. The van der Waals surface area contributed by atoms with Gasteiger partial charge in [0.1, 0.15) is 6.61 Å². The zero-order chi connectivity index (χ0) is 12.3. The molecule has 1 rings (SSSR count). The first kappa shape index (κ1) is 13.5. The van der Waals surface area contributed by atoms with Crippen molar-refractivity contribution in [3.63, 3.8) is 0 Å². The van der Waals surface area contributed by atoms with Crippen LogP contribution in [0.15, 0.2) is 42.5 Å². The summed E-state index contributed by atoms with van der Waals surface area (Å²) in [5.41, 5.74) is 1.15. The first-order chi connectivity index (χ1) is 8.33. The summed E-state index contributed by atoms with van der Waals surface area (Å²) in [6.45, 7) is 3.22. The molecule has 92 valence electrons. The van der Waals surface area contributed by atoms with E-state index in [1.807, 2.05) is 36.4 Å². The molecule has 0 fully saturated rings. The molecule has 0 aliphatic heterocycles. The van der Waals surface area contributed by atoms with Crippen LogP contribution in [-0.2, 0) is 20.9 Å². The molecule has 3 heteroatoms. The van der Waals surface area contributed by atoms with Crippen molar-refractivity contribution in [3.8, 4) is 0 Å². The average molecular weight is 234 g/mol. The van der Waals surface area contributed by atoms with Crippen molar-refractivity contribution >= 4 is 5.97 Å². The van der Waals surface area contributed by atoms with Crippen LogP contribution in [0.2, 0.25) is 0 Å². The number of carbonyl (C=O) groups excluding carboxylic acids is 1. The van der Waals surface area contributed by atoms with Crippen LogP contribution >= 0.6 is 0 Å². The molecule has 17 heavy (non-hydrogen) atoms. The second kappa shape index (κ2) is 8.53. The SMILES string of the molecule is CCC(=O)OC/C=C/COCc1ccccc1. The molecule has 0 aliphatic carbocycles. The molecule has 0 amide bonds. The Morgan fingerprint density at radius 2 is 1.88 bits per heavy atom. The first-order valence-corrected chi connectivity index (χ1v) is 5.75. The highest BCUT2D eigenvalue weighted by atomic mass is 16.5. The zero-order valence-corrected chi connectivity index (χ0v) is 10.1. The molecule has 0 aliphatic rings. The van der Waals surface area contributed by atoms with E-state index in [9.17, 15) is 4.79 Å². The minimum absolute atomic E-state index is 0.181. The van der Waals surface area contributed by atoms with E-state index in [0.29, 0.717) is 26.2 Å². The van der Waals surface area contributed by atoms with Gasteiger partial charge >= 0.3 is 5.97 Å². The number of hydrogen-bond donors (Lipinski definition) is 0. The molecule has 0 unspecified atom stereocenters. The maximum absolute atomic E-state index is 10.8. The Morgan fingerprint density at radius 3 is 2.59 bits per heavy atom. The van der Waals surface area contributed by atoms with Gasteiger partial charge in [0.25, 0.3) is 0 Å². The molecule has 3 nitrogen and oxygen atoms in total. The third-order valence-corrected chi connectivity index (χ3v) is 2.12. The Labute approximate surface area is 102 Å². The summed E-state index contributed by atoms with van der Waals surface area (Å²) in [6, 6.07) is 9.99. The fraction of sp³-hybridized carbons (Fsp3) is 0.357. The number of esters is 1. The van der Waals surface area contributed by atoms with Gasteiger partial charge < -0.3 is 9.47 Å². The van der Waals surface area contributed by atoms with Gasteiger partial charge in [-0.15, -0.1) is 0 Å². The van der Waals surface area contributed by atoms with Crippen molar-refractivity contribution < 1.29 is 14.3 Å². The molecule has 0 radical (unpaired) electrons. The maximum atomic E-state index is 10.8. The lowest BCUT2D eigenvalue weighted by molar-refractivity contribution is -0.141. The fourth-order valence-corrected chi connectivity index (χ4v) is 1.20. The van der Waals surface area contributed by atoms with Crippen LogP contribution < -0.4 is 0 Å². The van der Waals surface area contributed by atoms with Gasteiger partial charge in [-0.1, -0.05) is 43.3 Å². The third kappa shape index (κ3) is 6.53. The highest BCUT2D eigenvalue weighted by molar-refractivity contribution is 5.68. The predicted octanol–water partition coefficient (Wildman–Crippen LogP) is 2.71. The molecule has 1 aromatic carbocycles. The molecule has 1 aromatic rings. The van der Waals surface area contributed by atoms with Gasteiger partial charge in [0.2, 0.25) is 0 Å². The highest BCUT2D eigenvalue weighted by Crippen LogP contribution is 2.00. The molecule has 0 spiro atoms. The highest BCUT2D eigenvalue weighted by Gasteiger charge is 1.93. The van der Waals surface area contributed by atoms with E-state index in [4.69, 9.17) is 9.47 Å². The van der Waals surface area contributed by atoms with Gasteiger partial charge in [-0.3, -0.25) is 4.79 Å². The molecule has 0 N–H and O–H groups in total. The summed E-state index contributed by atoms with van der Waals surface area (Å²) >= 11 is 0. The first-order valence-electron chi connectivity index (χ1n) is 5.75. The lowest BCUT2D eigenvalue weighted by atomic mass is 10.2. The van der Waals surface area contributed by atoms with Gasteiger partial charge in [0.15, 0.2) is 0 Å². The van der Waals surface area contributed by atoms with E-state index >= 15 is 0 Å². The van der Waals surface area contributed by atoms with E-state index in [2.05, 4.69) is 0 Å². The van der Waals surface area contributed by atoms with E-state index in [1.165, 1.54) is 0 Å². The van der Waals surface area contributed by atoms with Crippen molar-refractivity contribution in [2.24, 2.45) is 0 Å². The van der Waals surface area contributed by atoms with Crippen LogP contribution in [0.5, 0.6) is 0 Å². The lowest BCUT2D eigenvalue weighted by Crippen LogP contribution is -2.02. The third-order valence-electron chi connectivity index (χ3n) is 2.12. The van der Waals surface area contributed by atoms with Gasteiger partial charge in [-0.25, -0.2) is 0 Å². The zero-order valence-electron chi connectivity index (χ0n) is 10.1. The van der Waals surface area contributed by atoms with Crippen LogP contribution in [0.3, 0.4) is 0 Å². The smallest absolute Gasteiger partial charge is 0.305 e. The van der Waals surface area contributed by atoms with E-state index < -0.39 is 0 Å². The normalized spacial score (nSPS) is 10.6. The molecule has 0 atom stereocenters. The minimum Gasteiger partial charge on any atom is -0.461 e. The molecule has 0 heterocycles. The topological polar surface area (TPSA) is 35.5 Å². The van der Waals surface area contributed by atoms with Crippen molar-refractivity contribution in [2.45, 2.75) is 20.0 Å². The van der Waals surface area contributed by atoms with E-state index in [0.717, 1.165) is 5.56 Å². The van der Waals surface area contributed by atoms with Gasteiger partial charge in [-0.05, 0) is 11.6 Å². The maximum Gasteiger partial charge on any atom is 0.305 e. The second-order valence-electron chi connectivity index (χ2n) is 3.51. The summed E-state index contributed by atoms with van der Waals surface area (Å²) in [5, 5.41) is 0. The van der Waals surface area contributed by atoms with Crippen LogP contribution in [0, 0.1) is 0 Å². The van der Waals surface area contributed by atoms with Crippen LogP contribution in [0.4, 0.5) is 0 Å². The predicted molar refractivity (Wildman–Crippen MR) is 66.5 cm³/mol. The van der Waals surface area contributed by atoms with E-state index in [-0.39, 0.29) is 5.97 Å². The van der Waals surface area contributed by atoms with Gasteiger partial charge in [0, 0.05) is 6.42 Å². The fourth-order valence-electron chi connectivity index (χ4n) is 1.20. The summed E-state index contributed by atoms with van der Waals surface area (Å²) in [6.07, 6.45) is 4.06. The Hall–Kier alpha value is -1.61. The largest absolute Gasteiger partial charge is 0.461 e. The summed E-state index contributed by atoms with van der Waals surface area (Å²) in [4.78, 5) is 10.8. The number of ether oxygens (including phenoxy) is 2. The lowest BCUT2D eigenvalue weighted by Gasteiger charge is -2.01. The molecule has 0 aromatic heterocycles. The minimum atomic E-state index is -0.181. The standard InChI is InChI=1S/C14H18O3/c1-2-14(15)17-11-7-6-10-16-12-13-8-4-3-5-9-13/h3-9H,2,10-12H2,1H3/b7-6+. The molecule has 0 saturated heterocycles. The molecular weight excluding hydrogens is 216 g/mol. The average Bonchev–Trinajstić information content (AvgIpc) is 2.38. The van der Waals surface area contributed by atoms with Gasteiger partial charge in [0.05, 0.1) is 13.2 Å². The quantitative estimate of drug-likeness (QED) is 0.413. The molecule has 0 saturated carbocycles. The second-order valence-corrected chi connectivity index (χ2v) is 3.51. The number of rotatable bonds is 7. The number of carbonyl (C=O) groups is 1. The molecule has 0 bridgehead atoms. The van der Waals surface area contributed by atoms with Crippen LogP contribution in [0.1, 0.15) is 18.9 Å². The van der Waals surface area contributed by atoms with E-state index in [1.54, 1.807) is 13.0 Å². The number of hydrogen-bond acceptors (Lipinski definition) is 3. The van der Waals surface area contributed by atoms with Crippen LogP contribution in [0.25, 0.3) is 0 Å². The van der Waals surface area contributed by atoms with Crippen molar-refractivity contribution in [3.05, 3.63) is 48.0 Å². The Bertz CT molecular complexity index is 344. The summed E-state index contributed by atoms with van der Waals surface area (Å²) in [5.74, 6) is -0.181. The number of benzene rings is 1. The Kier molecular flexibility index (Phi) is 6.75. The summed E-state index contributed by atoms with van der Waals surface area (Å²) in [7, 11) is 0. The Morgan fingerprint density at radius 1 is 1.18 bits per heavy atom. The molecular formula is C14H18O3. The van der Waals surface area contributed by atoms with Crippen molar-refractivity contribution in [1.29, 1.82) is 0 Å².